The van der Waals surface area contributed by atoms with Crippen LogP contribution in [0.2, 0.25) is 0 Å². The van der Waals surface area contributed by atoms with E-state index in [-0.39, 0.29) is 22.9 Å². The molecule has 0 saturated carbocycles. The van der Waals surface area contributed by atoms with Crippen LogP contribution in [0.1, 0.15) is 27.3 Å². The predicted molar refractivity (Wildman–Crippen MR) is 130 cm³/mol. The lowest BCUT2D eigenvalue weighted by atomic mass is 10.1. The number of carbonyl (C=O) groups is 1. The number of amides is 1. The number of alkyl halides is 3. The van der Waals surface area contributed by atoms with E-state index in [0.29, 0.717) is 22.4 Å². The van der Waals surface area contributed by atoms with Crippen LogP contribution in [-0.2, 0) is 12.7 Å². The molecule has 0 fully saturated rings. The normalized spacial score (nSPS) is 11.6. The quantitative estimate of drug-likeness (QED) is 0.341. The lowest BCUT2D eigenvalue weighted by Crippen LogP contribution is -2.16. The molecule has 0 unspecified atom stereocenters. The van der Waals surface area contributed by atoms with Gasteiger partial charge < -0.3 is 10.1 Å². The maximum absolute atomic E-state index is 13.9. The number of methoxy groups -OCH3 is 1. The average Bonchev–Trinajstić information content (AvgIpc) is 3.51. The summed E-state index contributed by atoms with van der Waals surface area (Å²) in [5.41, 5.74) is 1.33. The lowest BCUT2D eigenvalue weighted by Gasteiger charge is -2.11. The number of hydrogen-bond acceptors (Lipinski definition) is 5. The van der Waals surface area contributed by atoms with Crippen molar-refractivity contribution < 1.29 is 22.7 Å². The molecule has 37 heavy (non-hydrogen) atoms. The van der Waals surface area contributed by atoms with Crippen LogP contribution in [-0.4, -0.2) is 37.4 Å². The third kappa shape index (κ3) is 5.15. The van der Waals surface area contributed by atoms with Crippen LogP contribution in [0.3, 0.4) is 0 Å². The van der Waals surface area contributed by atoms with Gasteiger partial charge >= 0.3 is 6.18 Å². The fraction of sp³-hybridized carbons (Fsp3) is 0.154. The Morgan fingerprint density at radius 2 is 1.73 bits per heavy atom. The Balaban J connectivity index is 1.41. The molecule has 2 aromatic carbocycles. The van der Waals surface area contributed by atoms with Crippen molar-refractivity contribution in [2.75, 3.05) is 12.4 Å². The van der Waals surface area contributed by atoms with Crippen LogP contribution in [0, 0.1) is 6.92 Å². The first-order valence-corrected chi connectivity index (χ1v) is 11.2. The molecule has 0 aliphatic carbocycles. The Labute approximate surface area is 209 Å². The van der Waals surface area contributed by atoms with Gasteiger partial charge in [0.05, 0.1) is 19.3 Å². The lowest BCUT2D eigenvalue weighted by molar-refractivity contribution is -0.142. The molecule has 188 valence electrons. The largest absolute Gasteiger partial charge is 0.497 e. The van der Waals surface area contributed by atoms with Gasteiger partial charge in [-0.05, 0) is 42.8 Å². The molecule has 11 heteroatoms. The van der Waals surface area contributed by atoms with Crippen molar-refractivity contribution in [1.29, 1.82) is 0 Å². The summed E-state index contributed by atoms with van der Waals surface area (Å²) in [5.74, 6) is 0.104. The number of hydrogen-bond donors (Lipinski definition) is 1. The SMILES string of the molecule is COc1ccc(-c2cc(C(F)(F)F)n3nc(C(=O)Nc4ccn(Cc5ccc(C)cc5)n4)cc3n2)cc1. The molecule has 1 N–H and O–H groups in total. The molecule has 0 saturated heterocycles. The highest BCUT2D eigenvalue weighted by Crippen LogP contribution is 2.32. The third-order valence-electron chi connectivity index (χ3n) is 5.68. The highest BCUT2D eigenvalue weighted by Gasteiger charge is 2.35. The number of aromatic nitrogens is 5. The second-order valence-electron chi connectivity index (χ2n) is 8.39. The molecule has 0 bridgehead atoms. The third-order valence-corrected chi connectivity index (χ3v) is 5.68. The van der Waals surface area contributed by atoms with Crippen molar-refractivity contribution in [3.8, 4) is 17.0 Å². The molecule has 0 spiro atoms. The summed E-state index contributed by atoms with van der Waals surface area (Å²) in [6.07, 6.45) is -3.03. The van der Waals surface area contributed by atoms with Crippen molar-refractivity contribution in [2.24, 2.45) is 0 Å². The van der Waals surface area contributed by atoms with Gasteiger partial charge in [0.25, 0.3) is 5.91 Å². The monoisotopic (exact) mass is 506 g/mol. The highest BCUT2D eigenvalue weighted by atomic mass is 19.4. The van der Waals surface area contributed by atoms with Gasteiger partial charge in [0.15, 0.2) is 22.9 Å². The van der Waals surface area contributed by atoms with E-state index < -0.39 is 17.8 Å². The van der Waals surface area contributed by atoms with Crippen molar-refractivity contribution in [1.82, 2.24) is 24.4 Å². The number of ether oxygens (including phenoxy) is 1. The second-order valence-corrected chi connectivity index (χ2v) is 8.39. The molecule has 8 nitrogen and oxygen atoms in total. The predicted octanol–water partition coefficient (Wildman–Crippen LogP) is 5.23. The zero-order chi connectivity index (χ0) is 26.2. The van der Waals surface area contributed by atoms with Crippen molar-refractivity contribution in [3.63, 3.8) is 0 Å². The highest BCUT2D eigenvalue weighted by molar-refractivity contribution is 6.03. The summed E-state index contributed by atoms with van der Waals surface area (Å²) in [7, 11) is 1.49. The Bertz CT molecular complexity index is 1570. The Hall–Kier alpha value is -4.67. The van der Waals surface area contributed by atoms with Gasteiger partial charge in [0.2, 0.25) is 0 Å². The Morgan fingerprint density at radius 1 is 1.00 bits per heavy atom. The number of nitrogens with zero attached hydrogens (tertiary/aromatic N) is 5. The summed E-state index contributed by atoms with van der Waals surface area (Å²) in [6.45, 7) is 2.50. The standard InChI is InChI=1S/C26H21F3N6O2/c1-16-3-5-17(6-4-16)15-34-12-11-23(33-34)31-25(36)21-14-24-30-20(18-7-9-19(37-2)10-8-18)13-22(26(27,28)29)35(24)32-21/h3-14H,15H2,1-2H3,(H,31,33,36). The first kappa shape index (κ1) is 24.0. The van der Waals surface area contributed by atoms with Gasteiger partial charge in [0.1, 0.15) is 5.75 Å². The molecule has 0 atom stereocenters. The molecular formula is C26H21F3N6O2. The van der Waals surface area contributed by atoms with E-state index in [1.807, 2.05) is 31.2 Å². The van der Waals surface area contributed by atoms with E-state index in [0.717, 1.165) is 17.2 Å². The van der Waals surface area contributed by atoms with Gasteiger partial charge in [-0.3, -0.25) is 9.48 Å². The second kappa shape index (κ2) is 9.41. The number of anilines is 1. The van der Waals surface area contributed by atoms with E-state index in [9.17, 15) is 18.0 Å². The number of benzene rings is 2. The summed E-state index contributed by atoms with van der Waals surface area (Å²) >= 11 is 0. The first-order chi connectivity index (χ1) is 17.7. The number of aryl methyl sites for hydroxylation is 1. The Morgan fingerprint density at radius 3 is 2.41 bits per heavy atom. The smallest absolute Gasteiger partial charge is 0.433 e. The van der Waals surface area contributed by atoms with Gasteiger partial charge in [-0.1, -0.05) is 29.8 Å². The van der Waals surface area contributed by atoms with Crippen LogP contribution in [0.5, 0.6) is 5.75 Å². The molecule has 0 aliphatic heterocycles. The van der Waals surface area contributed by atoms with E-state index >= 15 is 0 Å². The summed E-state index contributed by atoms with van der Waals surface area (Å²) in [4.78, 5) is 17.1. The summed E-state index contributed by atoms with van der Waals surface area (Å²) in [6, 6.07) is 18.1. The molecule has 3 heterocycles. The molecular weight excluding hydrogens is 485 g/mol. The van der Waals surface area contributed by atoms with E-state index in [4.69, 9.17) is 4.74 Å². The molecule has 5 aromatic rings. The molecule has 3 aromatic heterocycles. The number of halogens is 3. The summed E-state index contributed by atoms with van der Waals surface area (Å²) in [5, 5.41) is 10.8. The van der Waals surface area contributed by atoms with Gasteiger partial charge in [-0.15, -0.1) is 0 Å². The minimum atomic E-state index is -4.73. The van der Waals surface area contributed by atoms with Crippen molar-refractivity contribution in [3.05, 3.63) is 95.4 Å². The van der Waals surface area contributed by atoms with E-state index in [1.54, 1.807) is 41.2 Å². The minimum Gasteiger partial charge on any atom is -0.497 e. The van der Waals surface area contributed by atoms with Crippen LogP contribution < -0.4 is 10.1 Å². The maximum Gasteiger partial charge on any atom is 0.433 e. The van der Waals surface area contributed by atoms with Crippen LogP contribution >= 0.6 is 0 Å². The number of rotatable bonds is 6. The van der Waals surface area contributed by atoms with Crippen molar-refractivity contribution >= 4 is 17.4 Å². The number of carbonyl (C=O) groups excluding carboxylic acids is 1. The number of fused-ring (bicyclic) bond motifs is 1. The first-order valence-electron chi connectivity index (χ1n) is 11.2. The maximum atomic E-state index is 13.9. The fourth-order valence-electron chi connectivity index (χ4n) is 3.77. The molecule has 1 amide bonds. The minimum absolute atomic E-state index is 0.0872. The zero-order valence-corrected chi connectivity index (χ0v) is 19.8. The molecule has 0 radical (unpaired) electrons. The van der Waals surface area contributed by atoms with Crippen LogP contribution in [0.4, 0.5) is 19.0 Å². The topological polar surface area (TPSA) is 86.3 Å². The summed E-state index contributed by atoms with van der Waals surface area (Å²) < 4.78 is 49.0. The van der Waals surface area contributed by atoms with Crippen LogP contribution in [0.25, 0.3) is 16.9 Å². The van der Waals surface area contributed by atoms with Gasteiger partial charge in [-0.25, -0.2) is 9.50 Å². The van der Waals surface area contributed by atoms with E-state index in [1.165, 1.54) is 13.2 Å². The van der Waals surface area contributed by atoms with Crippen LogP contribution in [0.15, 0.2) is 72.9 Å². The van der Waals surface area contributed by atoms with Crippen molar-refractivity contribution in [2.45, 2.75) is 19.6 Å². The fourth-order valence-corrected chi connectivity index (χ4v) is 3.77. The van der Waals surface area contributed by atoms with Gasteiger partial charge in [-0.2, -0.15) is 23.4 Å². The molecule has 0 aliphatic rings. The average molecular weight is 506 g/mol. The zero-order valence-electron chi connectivity index (χ0n) is 19.8. The number of nitrogens with one attached hydrogen (secondary N) is 1. The molecule has 5 rings (SSSR count). The Kier molecular flexibility index (Phi) is 6.12. The van der Waals surface area contributed by atoms with E-state index in [2.05, 4.69) is 20.5 Å². The van der Waals surface area contributed by atoms with Gasteiger partial charge in [0, 0.05) is 23.9 Å².